The standard InChI is InChI=1S/C23H30N6O3/c1-5-23(3,4)29-21(25-26-27-29)20(28-8-6-7-14(2)12-28)16-9-15-10-18-19(32-13-31-18)11-17(15)24-22(16)30/h9-11,14,20H,5-8,12-13H2,1-4H3,(H,24,30). The highest BCUT2D eigenvalue weighted by molar-refractivity contribution is 5.83. The number of aromatic amines is 1. The SMILES string of the molecule is CCC(C)(C)n1nnnc1C(c1cc2cc3c(cc2[nH]c1=O)OCO3)N1CCCC(C)C1. The molecule has 1 fully saturated rings. The molecule has 0 radical (unpaired) electrons. The van der Waals surface area contributed by atoms with Crippen molar-refractivity contribution in [1.82, 2.24) is 30.1 Å². The molecule has 32 heavy (non-hydrogen) atoms. The van der Waals surface area contributed by atoms with E-state index in [0.717, 1.165) is 36.8 Å². The number of nitrogens with zero attached hydrogens (tertiary/aromatic N) is 5. The van der Waals surface area contributed by atoms with Crippen LogP contribution in [0.4, 0.5) is 0 Å². The molecule has 1 saturated heterocycles. The molecule has 5 rings (SSSR count). The molecule has 2 aliphatic rings. The molecule has 2 atom stereocenters. The molecule has 0 spiro atoms. The Balaban J connectivity index is 1.68. The van der Waals surface area contributed by atoms with E-state index >= 15 is 0 Å². The average molecular weight is 439 g/mol. The Morgan fingerprint density at radius 1 is 1.25 bits per heavy atom. The van der Waals surface area contributed by atoms with Crippen molar-refractivity contribution in [1.29, 1.82) is 0 Å². The lowest BCUT2D eigenvalue weighted by molar-refractivity contribution is 0.135. The molecule has 170 valence electrons. The molecule has 1 N–H and O–H groups in total. The number of pyridine rings is 1. The summed E-state index contributed by atoms with van der Waals surface area (Å²) in [5, 5.41) is 13.7. The Morgan fingerprint density at radius 3 is 2.78 bits per heavy atom. The van der Waals surface area contributed by atoms with Crippen molar-refractivity contribution in [3.8, 4) is 11.5 Å². The molecular weight excluding hydrogens is 408 g/mol. The zero-order valence-electron chi connectivity index (χ0n) is 19.1. The van der Waals surface area contributed by atoms with Crippen LogP contribution in [0.2, 0.25) is 0 Å². The van der Waals surface area contributed by atoms with E-state index in [2.05, 4.69) is 53.1 Å². The van der Waals surface area contributed by atoms with Gasteiger partial charge in [0.15, 0.2) is 17.3 Å². The van der Waals surface area contributed by atoms with Gasteiger partial charge in [-0.05, 0) is 68.1 Å². The number of aromatic nitrogens is 5. The summed E-state index contributed by atoms with van der Waals surface area (Å²) in [5.41, 5.74) is 0.966. The summed E-state index contributed by atoms with van der Waals surface area (Å²) in [7, 11) is 0. The summed E-state index contributed by atoms with van der Waals surface area (Å²) in [5.74, 6) is 2.59. The number of benzene rings is 1. The maximum absolute atomic E-state index is 13.4. The maximum atomic E-state index is 13.4. The minimum absolute atomic E-state index is 0.136. The third kappa shape index (κ3) is 3.54. The normalized spacial score (nSPS) is 20.1. The van der Waals surface area contributed by atoms with Gasteiger partial charge in [-0.15, -0.1) is 5.10 Å². The number of nitrogens with one attached hydrogen (secondary N) is 1. The van der Waals surface area contributed by atoms with Crippen LogP contribution >= 0.6 is 0 Å². The van der Waals surface area contributed by atoms with Crippen LogP contribution in [-0.4, -0.2) is 50.0 Å². The van der Waals surface area contributed by atoms with Crippen molar-refractivity contribution in [3.63, 3.8) is 0 Å². The highest BCUT2D eigenvalue weighted by Gasteiger charge is 2.35. The Hall–Kier alpha value is -2.94. The van der Waals surface area contributed by atoms with E-state index in [0.29, 0.717) is 28.8 Å². The first-order valence-corrected chi connectivity index (χ1v) is 11.4. The van der Waals surface area contributed by atoms with Crippen molar-refractivity contribution >= 4 is 10.9 Å². The first-order valence-electron chi connectivity index (χ1n) is 11.4. The number of H-pyrrole nitrogens is 1. The van der Waals surface area contributed by atoms with Crippen LogP contribution in [0, 0.1) is 5.92 Å². The van der Waals surface area contributed by atoms with Gasteiger partial charge in [-0.1, -0.05) is 13.8 Å². The number of fused-ring (bicyclic) bond motifs is 2. The average Bonchev–Trinajstić information content (AvgIpc) is 3.43. The van der Waals surface area contributed by atoms with Crippen LogP contribution in [-0.2, 0) is 5.54 Å². The van der Waals surface area contributed by atoms with Gasteiger partial charge in [-0.2, -0.15) is 0 Å². The molecular formula is C23H30N6O3. The molecule has 9 heteroatoms. The maximum Gasteiger partial charge on any atom is 0.253 e. The number of rotatable bonds is 5. The van der Waals surface area contributed by atoms with Gasteiger partial charge in [-0.3, -0.25) is 9.69 Å². The largest absolute Gasteiger partial charge is 0.454 e. The molecule has 9 nitrogen and oxygen atoms in total. The Kier molecular flexibility index (Phi) is 5.16. The zero-order valence-corrected chi connectivity index (χ0v) is 19.1. The highest BCUT2D eigenvalue weighted by Crippen LogP contribution is 2.37. The van der Waals surface area contributed by atoms with E-state index in [9.17, 15) is 4.79 Å². The van der Waals surface area contributed by atoms with Gasteiger partial charge in [0, 0.05) is 23.6 Å². The topological polar surface area (TPSA) is 98.2 Å². The smallest absolute Gasteiger partial charge is 0.253 e. The second-order valence-corrected chi connectivity index (χ2v) is 9.61. The van der Waals surface area contributed by atoms with E-state index in [1.54, 1.807) is 0 Å². The van der Waals surface area contributed by atoms with Crippen molar-refractivity contribution < 1.29 is 9.47 Å². The Morgan fingerprint density at radius 2 is 2.03 bits per heavy atom. The molecule has 1 aromatic carbocycles. The summed E-state index contributed by atoms with van der Waals surface area (Å²) < 4.78 is 12.9. The molecule has 0 saturated carbocycles. The third-order valence-electron chi connectivity index (χ3n) is 6.89. The van der Waals surface area contributed by atoms with Gasteiger partial charge in [0.2, 0.25) is 6.79 Å². The summed E-state index contributed by atoms with van der Waals surface area (Å²) in [6, 6.07) is 5.37. The summed E-state index contributed by atoms with van der Waals surface area (Å²) in [6.07, 6.45) is 3.14. The van der Waals surface area contributed by atoms with Gasteiger partial charge in [-0.25, -0.2) is 4.68 Å². The number of hydrogen-bond acceptors (Lipinski definition) is 7. The van der Waals surface area contributed by atoms with Crippen molar-refractivity contribution in [2.24, 2.45) is 5.92 Å². The minimum Gasteiger partial charge on any atom is -0.454 e. The van der Waals surface area contributed by atoms with Crippen LogP contribution < -0.4 is 15.0 Å². The van der Waals surface area contributed by atoms with E-state index in [1.165, 1.54) is 6.42 Å². The molecule has 0 aliphatic carbocycles. The zero-order chi connectivity index (χ0) is 22.5. The lowest BCUT2D eigenvalue weighted by atomic mass is 9.94. The van der Waals surface area contributed by atoms with E-state index in [1.807, 2.05) is 22.9 Å². The van der Waals surface area contributed by atoms with Gasteiger partial charge < -0.3 is 14.5 Å². The number of tetrazole rings is 1. The second kappa shape index (κ2) is 7.88. The molecule has 2 aliphatic heterocycles. The van der Waals surface area contributed by atoms with E-state index < -0.39 is 0 Å². The van der Waals surface area contributed by atoms with Gasteiger partial charge in [0.25, 0.3) is 5.56 Å². The first-order chi connectivity index (χ1) is 15.4. The van der Waals surface area contributed by atoms with E-state index in [-0.39, 0.29) is 23.9 Å². The highest BCUT2D eigenvalue weighted by atomic mass is 16.7. The van der Waals surface area contributed by atoms with Crippen molar-refractivity contribution in [2.45, 2.75) is 58.5 Å². The van der Waals surface area contributed by atoms with Gasteiger partial charge >= 0.3 is 0 Å². The van der Waals surface area contributed by atoms with Crippen LogP contribution in [0.25, 0.3) is 10.9 Å². The van der Waals surface area contributed by atoms with Crippen LogP contribution in [0.15, 0.2) is 23.0 Å². The van der Waals surface area contributed by atoms with Gasteiger partial charge in [0.05, 0.1) is 11.1 Å². The van der Waals surface area contributed by atoms with Crippen LogP contribution in [0.1, 0.15) is 64.4 Å². The molecule has 4 heterocycles. The first kappa shape index (κ1) is 20.9. The molecule has 3 aromatic rings. The lowest BCUT2D eigenvalue weighted by Crippen LogP contribution is -2.42. The number of ether oxygens (including phenoxy) is 2. The van der Waals surface area contributed by atoms with E-state index in [4.69, 9.17) is 9.47 Å². The Labute approximate surface area is 186 Å². The monoisotopic (exact) mass is 438 g/mol. The molecule has 0 bridgehead atoms. The molecule has 2 aromatic heterocycles. The molecule has 0 amide bonds. The summed E-state index contributed by atoms with van der Waals surface area (Å²) >= 11 is 0. The fourth-order valence-electron chi connectivity index (χ4n) is 4.72. The third-order valence-corrected chi connectivity index (χ3v) is 6.89. The number of piperidine rings is 1. The summed E-state index contributed by atoms with van der Waals surface area (Å²) in [6.45, 7) is 10.6. The fourth-order valence-corrected chi connectivity index (χ4v) is 4.72. The number of hydrogen-bond donors (Lipinski definition) is 1. The predicted octanol–water partition coefficient (Wildman–Crippen LogP) is 3.21. The quantitative estimate of drug-likeness (QED) is 0.653. The number of likely N-dealkylation sites (tertiary alicyclic amines) is 1. The van der Waals surface area contributed by atoms with Crippen molar-refractivity contribution in [2.75, 3.05) is 19.9 Å². The Bertz CT molecular complexity index is 1200. The predicted molar refractivity (Wildman–Crippen MR) is 120 cm³/mol. The second-order valence-electron chi connectivity index (χ2n) is 9.61. The van der Waals surface area contributed by atoms with Crippen LogP contribution in [0.3, 0.4) is 0 Å². The summed E-state index contributed by atoms with van der Waals surface area (Å²) in [4.78, 5) is 18.8. The fraction of sp³-hybridized carbons (Fsp3) is 0.565. The molecule has 2 unspecified atom stereocenters. The lowest BCUT2D eigenvalue weighted by Gasteiger charge is -2.37. The van der Waals surface area contributed by atoms with Crippen LogP contribution in [0.5, 0.6) is 11.5 Å². The minimum atomic E-state index is -0.336. The van der Waals surface area contributed by atoms with Crippen molar-refractivity contribution in [3.05, 3.63) is 39.9 Å². The van der Waals surface area contributed by atoms with Gasteiger partial charge in [0.1, 0.15) is 6.04 Å².